The molecule has 3 rings (SSSR count). The van der Waals surface area contributed by atoms with E-state index in [1.807, 2.05) is 23.0 Å². The first kappa shape index (κ1) is 21.3. The topological polar surface area (TPSA) is 88.1 Å². The summed E-state index contributed by atoms with van der Waals surface area (Å²) >= 11 is 0. The van der Waals surface area contributed by atoms with Gasteiger partial charge in [-0.25, -0.2) is 15.0 Å². The zero-order valence-corrected chi connectivity index (χ0v) is 19.2. The maximum Gasteiger partial charge on any atom is 0.187 e. The van der Waals surface area contributed by atoms with Crippen LogP contribution >= 0.6 is 0 Å². The first-order valence-electron chi connectivity index (χ1n) is 9.98. The lowest BCUT2D eigenvalue weighted by Crippen LogP contribution is -2.22. The van der Waals surface area contributed by atoms with Crippen LogP contribution in [0.25, 0.3) is 11.0 Å². The third-order valence-corrected chi connectivity index (χ3v) is 6.44. The molecule has 0 amide bonds. The lowest BCUT2D eigenvalue weighted by atomic mass is 10.0. The smallest absolute Gasteiger partial charge is 0.187 e. The Morgan fingerprint density at radius 1 is 1.17 bits per heavy atom. The SMILES string of the molecule is Cc1ncc(Oc2c(C(C)C)cnc3c2ccn3COCC[Si](C)(C)C)c(N)n1. The van der Waals surface area contributed by atoms with Gasteiger partial charge in [0.25, 0.3) is 0 Å². The number of hydrogen-bond acceptors (Lipinski definition) is 6. The Bertz CT molecular complexity index is 995. The van der Waals surface area contributed by atoms with E-state index in [-0.39, 0.29) is 5.92 Å². The highest BCUT2D eigenvalue weighted by Crippen LogP contribution is 2.37. The van der Waals surface area contributed by atoms with Crippen molar-refractivity contribution in [1.29, 1.82) is 0 Å². The average molecular weight is 414 g/mol. The molecule has 0 spiro atoms. The second-order valence-electron chi connectivity index (χ2n) is 8.84. The van der Waals surface area contributed by atoms with E-state index in [9.17, 15) is 0 Å². The Morgan fingerprint density at radius 2 is 1.93 bits per heavy atom. The fraction of sp³-hybridized carbons (Fsp3) is 0.476. The van der Waals surface area contributed by atoms with E-state index in [2.05, 4.69) is 48.4 Å². The van der Waals surface area contributed by atoms with Crippen molar-refractivity contribution < 1.29 is 9.47 Å². The summed E-state index contributed by atoms with van der Waals surface area (Å²) in [4.78, 5) is 13.1. The number of anilines is 1. The molecule has 0 saturated carbocycles. The van der Waals surface area contributed by atoms with Gasteiger partial charge in [-0.05, 0) is 25.0 Å². The van der Waals surface area contributed by atoms with E-state index in [0.717, 1.165) is 35.0 Å². The van der Waals surface area contributed by atoms with Crippen LogP contribution in [0.3, 0.4) is 0 Å². The maximum absolute atomic E-state index is 6.21. The van der Waals surface area contributed by atoms with Crippen LogP contribution in [0.1, 0.15) is 31.2 Å². The number of aromatic nitrogens is 4. The Hall–Kier alpha value is -2.45. The standard InChI is InChI=1S/C21H31N5O2Si/c1-14(2)17-11-24-21-16(7-8-26(21)13-27-9-10-29(4,5)6)19(17)28-18-12-23-15(3)25-20(18)22/h7-8,11-12,14H,9-10,13H2,1-6H3,(H2,22,23,25). The highest BCUT2D eigenvalue weighted by atomic mass is 28.3. The summed E-state index contributed by atoms with van der Waals surface area (Å²) in [7, 11) is -1.11. The summed E-state index contributed by atoms with van der Waals surface area (Å²) < 4.78 is 14.1. The molecule has 0 atom stereocenters. The molecule has 0 radical (unpaired) electrons. The van der Waals surface area contributed by atoms with E-state index in [1.165, 1.54) is 0 Å². The average Bonchev–Trinajstić information content (AvgIpc) is 3.03. The second-order valence-corrected chi connectivity index (χ2v) is 14.5. The number of hydrogen-bond donors (Lipinski definition) is 1. The zero-order chi connectivity index (χ0) is 21.2. The van der Waals surface area contributed by atoms with Gasteiger partial charge in [-0.3, -0.25) is 0 Å². The van der Waals surface area contributed by atoms with Gasteiger partial charge in [-0.1, -0.05) is 33.5 Å². The van der Waals surface area contributed by atoms with Gasteiger partial charge in [-0.2, -0.15) is 0 Å². The molecule has 0 bridgehead atoms. The van der Waals surface area contributed by atoms with Crippen molar-refractivity contribution in [1.82, 2.24) is 19.5 Å². The molecule has 8 heteroatoms. The first-order chi connectivity index (χ1) is 13.7. The van der Waals surface area contributed by atoms with Gasteiger partial charge in [0.1, 0.15) is 24.0 Å². The lowest BCUT2D eigenvalue weighted by molar-refractivity contribution is 0.0899. The lowest BCUT2D eigenvalue weighted by Gasteiger charge is -2.17. The highest BCUT2D eigenvalue weighted by Gasteiger charge is 2.18. The van der Waals surface area contributed by atoms with Crippen molar-refractivity contribution in [3.63, 3.8) is 0 Å². The van der Waals surface area contributed by atoms with Gasteiger partial charge < -0.3 is 19.8 Å². The Morgan fingerprint density at radius 3 is 2.59 bits per heavy atom. The van der Waals surface area contributed by atoms with Crippen molar-refractivity contribution in [2.45, 2.75) is 59.1 Å². The molecular weight excluding hydrogens is 382 g/mol. The molecule has 7 nitrogen and oxygen atoms in total. The summed E-state index contributed by atoms with van der Waals surface area (Å²) in [6.45, 7) is 14.3. The number of nitrogens with two attached hydrogens (primary N) is 1. The van der Waals surface area contributed by atoms with Gasteiger partial charge in [-0.15, -0.1) is 0 Å². The number of rotatable bonds is 8. The molecule has 2 N–H and O–H groups in total. The van der Waals surface area contributed by atoms with E-state index in [4.69, 9.17) is 15.2 Å². The molecule has 0 aromatic carbocycles. The summed E-state index contributed by atoms with van der Waals surface area (Å²) in [5.74, 6) is 2.37. The van der Waals surface area contributed by atoms with Crippen LogP contribution in [0.2, 0.25) is 25.7 Å². The molecule has 29 heavy (non-hydrogen) atoms. The van der Waals surface area contributed by atoms with E-state index in [1.54, 1.807) is 13.1 Å². The quantitative estimate of drug-likeness (QED) is 0.415. The predicted molar refractivity (Wildman–Crippen MR) is 119 cm³/mol. The molecule has 0 unspecified atom stereocenters. The van der Waals surface area contributed by atoms with Crippen molar-refractivity contribution >= 4 is 24.9 Å². The van der Waals surface area contributed by atoms with Gasteiger partial charge in [0.2, 0.25) is 0 Å². The minimum atomic E-state index is -1.11. The monoisotopic (exact) mass is 413 g/mol. The third-order valence-electron chi connectivity index (χ3n) is 4.73. The molecule has 0 aliphatic heterocycles. The summed E-state index contributed by atoms with van der Waals surface area (Å²) in [5, 5.41) is 0.921. The van der Waals surface area contributed by atoms with Crippen molar-refractivity contribution in [3.05, 3.63) is 36.0 Å². The first-order valence-corrected chi connectivity index (χ1v) is 13.7. The second kappa shape index (κ2) is 8.50. The third kappa shape index (κ3) is 5.13. The normalized spacial score (nSPS) is 12.1. The number of pyridine rings is 1. The molecular formula is C21H31N5O2Si. The van der Waals surface area contributed by atoms with Gasteiger partial charge in [0.15, 0.2) is 11.6 Å². The van der Waals surface area contributed by atoms with Crippen molar-refractivity contribution in [3.8, 4) is 11.5 Å². The largest absolute Gasteiger partial charge is 0.451 e. The van der Waals surface area contributed by atoms with E-state index >= 15 is 0 Å². The highest BCUT2D eigenvalue weighted by molar-refractivity contribution is 6.76. The Kier molecular flexibility index (Phi) is 6.23. The predicted octanol–water partition coefficient (Wildman–Crippen LogP) is 4.94. The van der Waals surface area contributed by atoms with Gasteiger partial charge in [0.05, 0.1) is 11.6 Å². The number of nitrogens with zero attached hydrogens (tertiary/aromatic N) is 4. The fourth-order valence-corrected chi connectivity index (χ4v) is 3.72. The number of ether oxygens (including phenoxy) is 2. The van der Waals surface area contributed by atoms with Crippen molar-refractivity contribution in [2.24, 2.45) is 0 Å². The molecule has 0 aliphatic carbocycles. The van der Waals surface area contributed by atoms with Gasteiger partial charge in [0, 0.05) is 32.6 Å². The molecule has 156 valence electrons. The molecule has 3 aromatic heterocycles. The van der Waals surface area contributed by atoms with E-state index in [0.29, 0.717) is 24.1 Å². The molecule has 3 heterocycles. The summed E-state index contributed by atoms with van der Waals surface area (Å²) in [6.07, 6.45) is 5.47. The summed E-state index contributed by atoms with van der Waals surface area (Å²) in [5.41, 5.74) is 7.88. The van der Waals surface area contributed by atoms with Crippen LogP contribution in [0.4, 0.5) is 5.82 Å². The van der Waals surface area contributed by atoms with Crippen LogP contribution in [-0.2, 0) is 11.5 Å². The molecule has 3 aromatic rings. The van der Waals surface area contributed by atoms with Crippen LogP contribution in [0.5, 0.6) is 11.5 Å². The van der Waals surface area contributed by atoms with Crippen LogP contribution in [-0.4, -0.2) is 34.2 Å². The Balaban J connectivity index is 1.91. The molecule has 0 fully saturated rings. The van der Waals surface area contributed by atoms with Gasteiger partial charge >= 0.3 is 0 Å². The van der Waals surface area contributed by atoms with Crippen molar-refractivity contribution in [2.75, 3.05) is 12.3 Å². The zero-order valence-electron chi connectivity index (χ0n) is 18.2. The number of fused-ring (bicyclic) bond motifs is 1. The number of aryl methyl sites for hydroxylation is 1. The molecule has 0 aliphatic rings. The van der Waals surface area contributed by atoms with Crippen LogP contribution < -0.4 is 10.5 Å². The molecule has 0 saturated heterocycles. The van der Waals surface area contributed by atoms with Crippen LogP contribution in [0, 0.1) is 6.92 Å². The Labute approximate surface area is 173 Å². The number of nitrogen functional groups attached to an aromatic ring is 1. The maximum atomic E-state index is 6.21. The summed E-state index contributed by atoms with van der Waals surface area (Å²) in [6, 6.07) is 3.15. The minimum Gasteiger partial charge on any atom is -0.451 e. The van der Waals surface area contributed by atoms with Crippen LogP contribution in [0.15, 0.2) is 24.7 Å². The van der Waals surface area contributed by atoms with E-state index < -0.39 is 8.07 Å². The minimum absolute atomic E-state index is 0.242. The fourth-order valence-electron chi connectivity index (χ4n) is 2.97.